The van der Waals surface area contributed by atoms with Gasteiger partial charge in [-0.05, 0) is 24.6 Å². The predicted octanol–water partition coefficient (Wildman–Crippen LogP) is 2.64. The molecule has 0 bridgehead atoms. The Hall–Kier alpha value is -1.81. The fourth-order valence-corrected chi connectivity index (χ4v) is 1.88. The van der Waals surface area contributed by atoms with Gasteiger partial charge in [0.15, 0.2) is 0 Å². The number of carbonyl (C=O) groups is 1. The number of hydrogen-bond acceptors (Lipinski definition) is 2. The molecule has 0 aliphatic rings. The number of imidazole rings is 1. The molecule has 94 valence electrons. The molecule has 0 saturated carbocycles. The van der Waals surface area contributed by atoms with Gasteiger partial charge in [-0.15, -0.1) is 0 Å². The van der Waals surface area contributed by atoms with Crippen LogP contribution >= 0.6 is 11.6 Å². The Kier molecular flexibility index (Phi) is 3.67. The molecule has 0 unspecified atom stereocenters. The number of nitrogens with one attached hydrogen (secondary N) is 1. The number of benzene rings is 1. The number of amides is 1. The molecule has 1 N–H and O–H groups in total. The van der Waals surface area contributed by atoms with Crippen molar-refractivity contribution in [3.63, 3.8) is 0 Å². The van der Waals surface area contributed by atoms with Crippen LogP contribution in [-0.2, 0) is 6.54 Å². The third-order valence-electron chi connectivity index (χ3n) is 2.72. The van der Waals surface area contributed by atoms with Crippen LogP contribution in [0.3, 0.4) is 0 Å². The monoisotopic (exact) mass is 263 g/mol. The topological polar surface area (TPSA) is 49.0 Å². The van der Waals surface area contributed by atoms with Crippen molar-refractivity contribution in [1.29, 1.82) is 0 Å². The van der Waals surface area contributed by atoms with E-state index in [9.17, 15) is 4.79 Å². The van der Waals surface area contributed by atoms with E-state index >= 15 is 0 Å². The summed E-state index contributed by atoms with van der Waals surface area (Å²) in [6, 6.07) is 5.31. The highest BCUT2D eigenvalue weighted by Gasteiger charge is 2.15. The van der Waals surface area contributed by atoms with Crippen molar-refractivity contribution in [3.8, 4) is 0 Å². The molecule has 1 amide bonds. The highest BCUT2D eigenvalue weighted by atomic mass is 35.5. The number of H-pyrrole nitrogens is 1. The molecule has 2 aromatic rings. The maximum absolute atomic E-state index is 12.3. The molecule has 0 saturated heterocycles. The lowest BCUT2D eigenvalue weighted by atomic mass is 10.1. The van der Waals surface area contributed by atoms with Crippen molar-refractivity contribution in [3.05, 3.63) is 52.6 Å². The van der Waals surface area contributed by atoms with Crippen molar-refractivity contribution >= 4 is 17.5 Å². The molecule has 5 heteroatoms. The standard InChI is InChI=1S/C13H14ClN3O/c1-9-3-4-10(14)7-11(9)13(18)17(2)8-12-15-5-6-16-12/h3-7H,8H2,1-2H3,(H,15,16). The zero-order valence-electron chi connectivity index (χ0n) is 10.3. The van der Waals surface area contributed by atoms with E-state index in [1.54, 1.807) is 36.5 Å². The Morgan fingerprint density at radius 1 is 1.50 bits per heavy atom. The molecular weight excluding hydrogens is 250 g/mol. The molecule has 18 heavy (non-hydrogen) atoms. The Labute approximate surface area is 111 Å². The maximum Gasteiger partial charge on any atom is 0.254 e. The number of aromatic amines is 1. The van der Waals surface area contributed by atoms with Crippen LogP contribution in [-0.4, -0.2) is 27.8 Å². The highest BCUT2D eigenvalue weighted by molar-refractivity contribution is 6.31. The van der Waals surface area contributed by atoms with Crippen LogP contribution in [0, 0.1) is 6.92 Å². The molecule has 2 rings (SSSR count). The van der Waals surface area contributed by atoms with Crippen LogP contribution in [0.2, 0.25) is 5.02 Å². The van der Waals surface area contributed by atoms with Crippen molar-refractivity contribution in [1.82, 2.24) is 14.9 Å². The summed E-state index contributed by atoms with van der Waals surface area (Å²) in [5.41, 5.74) is 1.53. The summed E-state index contributed by atoms with van der Waals surface area (Å²) >= 11 is 5.92. The van der Waals surface area contributed by atoms with E-state index in [0.717, 1.165) is 11.4 Å². The van der Waals surface area contributed by atoms with Gasteiger partial charge in [0.05, 0.1) is 6.54 Å². The maximum atomic E-state index is 12.3. The molecular formula is C13H14ClN3O. The first kappa shape index (κ1) is 12.6. The van der Waals surface area contributed by atoms with Crippen molar-refractivity contribution < 1.29 is 4.79 Å². The minimum absolute atomic E-state index is 0.0635. The summed E-state index contributed by atoms with van der Waals surface area (Å²) in [6.07, 6.45) is 3.40. The molecule has 0 fully saturated rings. The number of nitrogens with zero attached hydrogens (tertiary/aromatic N) is 2. The van der Waals surface area contributed by atoms with Gasteiger partial charge >= 0.3 is 0 Å². The van der Waals surface area contributed by atoms with E-state index in [0.29, 0.717) is 17.1 Å². The first-order valence-electron chi connectivity index (χ1n) is 5.58. The molecule has 4 nitrogen and oxygen atoms in total. The van der Waals surface area contributed by atoms with Gasteiger partial charge in [0, 0.05) is 30.0 Å². The summed E-state index contributed by atoms with van der Waals surface area (Å²) in [6.45, 7) is 2.34. The average molecular weight is 264 g/mol. The predicted molar refractivity (Wildman–Crippen MR) is 70.6 cm³/mol. The molecule has 1 aromatic carbocycles. The van der Waals surface area contributed by atoms with E-state index in [4.69, 9.17) is 11.6 Å². The normalized spacial score (nSPS) is 10.4. The average Bonchev–Trinajstić information content (AvgIpc) is 2.84. The third kappa shape index (κ3) is 2.71. The van der Waals surface area contributed by atoms with Crippen LogP contribution in [0.1, 0.15) is 21.7 Å². The van der Waals surface area contributed by atoms with Gasteiger partial charge < -0.3 is 9.88 Å². The third-order valence-corrected chi connectivity index (χ3v) is 2.95. The van der Waals surface area contributed by atoms with Crippen LogP contribution < -0.4 is 0 Å². The summed E-state index contributed by atoms with van der Waals surface area (Å²) in [7, 11) is 1.74. The fraction of sp³-hybridized carbons (Fsp3) is 0.231. The zero-order chi connectivity index (χ0) is 13.1. The van der Waals surface area contributed by atoms with Gasteiger partial charge in [-0.3, -0.25) is 4.79 Å². The van der Waals surface area contributed by atoms with E-state index in [2.05, 4.69) is 9.97 Å². The fourth-order valence-electron chi connectivity index (χ4n) is 1.71. The molecule has 0 radical (unpaired) electrons. The molecule has 1 heterocycles. The second-order valence-corrected chi connectivity index (χ2v) is 4.59. The number of aromatic nitrogens is 2. The Morgan fingerprint density at radius 3 is 2.94 bits per heavy atom. The minimum atomic E-state index is -0.0635. The van der Waals surface area contributed by atoms with E-state index in [1.165, 1.54) is 0 Å². The molecule has 0 aliphatic carbocycles. The summed E-state index contributed by atoms with van der Waals surface area (Å²) in [5.74, 6) is 0.692. The molecule has 0 spiro atoms. The molecule has 0 aliphatic heterocycles. The molecule has 0 atom stereocenters. The van der Waals surface area contributed by atoms with E-state index in [1.807, 2.05) is 13.0 Å². The number of halogens is 1. The first-order valence-corrected chi connectivity index (χ1v) is 5.95. The van der Waals surface area contributed by atoms with Crippen LogP contribution in [0.4, 0.5) is 0 Å². The van der Waals surface area contributed by atoms with Gasteiger partial charge in [-0.1, -0.05) is 17.7 Å². The van der Waals surface area contributed by atoms with E-state index < -0.39 is 0 Å². The largest absolute Gasteiger partial charge is 0.347 e. The van der Waals surface area contributed by atoms with Crippen LogP contribution in [0.5, 0.6) is 0 Å². The summed E-state index contributed by atoms with van der Waals surface area (Å²) in [5, 5.41) is 0.565. The number of carbonyl (C=O) groups excluding carboxylic acids is 1. The summed E-state index contributed by atoms with van der Waals surface area (Å²) < 4.78 is 0. The molecule has 1 aromatic heterocycles. The quantitative estimate of drug-likeness (QED) is 0.926. The smallest absolute Gasteiger partial charge is 0.254 e. The van der Waals surface area contributed by atoms with E-state index in [-0.39, 0.29) is 5.91 Å². The number of hydrogen-bond donors (Lipinski definition) is 1. The van der Waals surface area contributed by atoms with Crippen molar-refractivity contribution in [2.24, 2.45) is 0 Å². The van der Waals surface area contributed by atoms with Gasteiger partial charge in [0.1, 0.15) is 5.82 Å². The minimum Gasteiger partial charge on any atom is -0.347 e. The van der Waals surface area contributed by atoms with Gasteiger partial charge in [-0.2, -0.15) is 0 Å². The zero-order valence-corrected chi connectivity index (χ0v) is 11.0. The Bertz CT molecular complexity index is 551. The highest BCUT2D eigenvalue weighted by Crippen LogP contribution is 2.17. The second-order valence-electron chi connectivity index (χ2n) is 4.16. The second kappa shape index (κ2) is 5.23. The van der Waals surface area contributed by atoms with Gasteiger partial charge in [0.25, 0.3) is 5.91 Å². The van der Waals surface area contributed by atoms with Crippen LogP contribution in [0.15, 0.2) is 30.6 Å². The van der Waals surface area contributed by atoms with Crippen LogP contribution in [0.25, 0.3) is 0 Å². The first-order chi connectivity index (χ1) is 8.58. The Morgan fingerprint density at radius 2 is 2.28 bits per heavy atom. The Balaban J connectivity index is 2.17. The lowest BCUT2D eigenvalue weighted by molar-refractivity contribution is 0.0781. The van der Waals surface area contributed by atoms with Gasteiger partial charge in [-0.25, -0.2) is 4.98 Å². The van der Waals surface area contributed by atoms with Crippen molar-refractivity contribution in [2.75, 3.05) is 7.05 Å². The lowest BCUT2D eigenvalue weighted by Crippen LogP contribution is -2.27. The number of aryl methyl sites for hydroxylation is 1. The van der Waals surface area contributed by atoms with Crippen molar-refractivity contribution in [2.45, 2.75) is 13.5 Å². The summed E-state index contributed by atoms with van der Waals surface area (Å²) in [4.78, 5) is 20.9. The lowest BCUT2D eigenvalue weighted by Gasteiger charge is -2.17. The van der Waals surface area contributed by atoms with Gasteiger partial charge in [0.2, 0.25) is 0 Å². The SMILES string of the molecule is Cc1ccc(Cl)cc1C(=O)N(C)Cc1ncc[nH]1. The number of rotatable bonds is 3.